The molecule has 0 aromatic rings. The molecule has 0 aromatic carbocycles. The minimum Gasteiger partial charge on any atom is -0.306 e. The first-order valence-corrected chi connectivity index (χ1v) is 7.38. The van der Waals surface area contributed by atoms with Crippen molar-refractivity contribution in [2.75, 3.05) is 33.2 Å². The van der Waals surface area contributed by atoms with Crippen molar-refractivity contribution in [1.29, 1.82) is 0 Å². The van der Waals surface area contributed by atoms with Crippen LogP contribution in [0.5, 0.6) is 0 Å². The second-order valence-corrected chi connectivity index (χ2v) is 5.72. The highest BCUT2D eigenvalue weighted by Gasteiger charge is 2.36. The fraction of sp³-hybridized carbons (Fsp3) is 0.857. The van der Waals surface area contributed by atoms with E-state index in [1.807, 2.05) is 6.92 Å². The van der Waals surface area contributed by atoms with Gasteiger partial charge >= 0.3 is 0 Å². The lowest BCUT2D eigenvalue weighted by Gasteiger charge is -2.29. The van der Waals surface area contributed by atoms with Crippen molar-refractivity contribution in [3.05, 3.63) is 0 Å². The van der Waals surface area contributed by atoms with E-state index in [9.17, 15) is 9.59 Å². The van der Waals surface area contributed by atoms with Crippen LogP contribution in [0.1, 0.15) is 32.6 Å². The number of likely N-dealkylation sites (N-methyl/N-ethyl adjacent to an activating group) is 1. The van der Waals surface area contributed by atoms with E-state index in [0.717, 1.165) is 18.9 Å². The van der Waals surface area contributed by atoms with Crippen LogP contribution in [-0.2, 0) is 9.59 Å². The van der Waals surface area contributed by atoms with E-state index in [0.29, 0.717) is 13.0 Å². The molecule has 0 radical (unpaired) electrons. The summed E-state index contributed by atoms with van der Waals surface area (Å²) < 4.78 is 0. The lowest BCUT2D eigenvalue weighted by molar-refractivity contribution is -0.138. The summed E-state index contributed by atoms with van der Waals surface area (Å²) in [5.41, 5.74) is 0. The van der Waals surface area contributed by atoms with Crippen LogP contribution in [0.4, 0.5) is 0 Å². The Labute approximate surface area is 115 Å². The lowest BCUT2D eigenvalue weighted by atomic mass is 9.94. The molecule has 2 heterocycles. The highest BCUT2D eigenvalue weighted by atomic mass is 16.2. The smallest absolute Gasteiger partial charge is 0.246 e. The largest absolute Gasteiger partial charge is 0.306 e. The summed E-state index contributed by atoms with van der Waals surface area (Å²) in [7, 11) is 2.16. The summed E-state index contributed by atoms with van der Waals surface area (Å²) in [6, 6.07) is -0.279. The molecule has 19 heavy (non-hydrogen) atoms. The summed E-state index contributed by atoms with van der Waals surface area (Å²) in [5, 5.41) is 3.26. The van der Waals surface area contributed by atoms with Gasteiger partial charge in [-0.1, -0.05) is 0 Å². The number of nitrogens with one attached hydrogen (secondary N) is 1. The third-order valence-electron chi connectivity index (χ3n) is 4.34. The Balaban J connectivity index is 1.69. The minimum absolute atomic E-state index is 0.0377. The summed E-state index contributed by atoms with van der Waals surface area (Å²) >= 11 is 0. The van der Waals surface area contributed by atoms with E-state index in [-0.39, 0.29) is 17.9 Å². The first-order chi connectivity index (χ1) is 9.11. The molecular weight excluding hydrogens is 242 g/mol. The third kappa shape index (κ3) is 3.54. The molecule has 0 spiro atoms. The first kappa shape index (κ1) is 14.5. The number of hydrogen-bond acceptors (Lipinski definition) is 4. The molecule has 108 valence electrons. The Bertz CT molecular complexity index is 338. The molecule has 2 aliphatic heterocycles. The van der Waals surface area contributed by atoms with Crippen LogP contribution in [0, 0.1) is 5.92 Å². The zero-order valence-electron chi connectivity index (χ0n) is 12.0. The van der Waals surface area contributed by atoms with Gasteiger partial charge in [0.2, 0.25) is 11.8 Å². The van der Waals surface area contributed by atoms with E-state index in [4.69, 9.17) is 0 Å². The summed E-state index contributed by atoms with van der Waals surface area (Å²) in [6.07, 6.45) is 3.94. The SMILES string of the molecule is CCN1C(=O)CC(NCCC2CCN(C)CC2)C1=O. The van der Waals surface area contributed by atoms with E-state index in [1.54, 1.807) is 0 Å². The summed E-state index contributed by atoms with van der Waals surface area (Å²) in [6.45, 7) is 5.53. The molecule has 0 saturated carbocycles. The fourth-order valence-electron chi connectivity index (χ4n) is 2.99. The number of hydrogen-bond donors (Lipinski definition) is 1. The van der Waals surface area contributed by atoms with Crippen molar-refractivity contribution in [3.8, 4) is 0 Å². The molecule has 2 rings (SSSR count). The first-order valence-electron chi connectivity index (χ1n) is 7.38. The minimum atomic E-state index is -0.279. The molecule has 1 atom stereocenters. The second-order valence-electron chi connectivity index (χ2n) is 5.72. The van der Waals surface area contributed by atoms with Gasteiger partial charge in [-0.3, -0.25) is 14.5 Å². The summed E-state index contributed by atoms with van der Waals surface area (Å²) in [4.78, 5) is 27.2. The van der Waals surface area contributed by atoms with Gasteiger partial charge in [0, 0.05) is 6.54 Å². The molecule has 2 fully saturated rings. The number of nitrogens with zero attached hydrogens (tertiary/aromatic N) is 2. The Morgan fingerprint density at radius 2 is 1.95 bits per heavy atom. The zero-order chi connectivity index (χ0) is 13.8. The van der Waals surface area contributed by atoms with Crippen LogP contribution in [-0.4, -0.2) is 60.9 Å². The number of likely N-dealkylation sites (tertiary alicyclic amines) is 2. The molecule has 2 saturated heterocycles. The maximum absolute atomic E-state index is 11.9. The molecule has 1 unspecified atom stereocenters. The molecule has 2 aliphatic rings. The van der Waals surface area contributed by atoms with E-state index >= 15 is 0 Å². The Hall–Kier alpha value is -0.940. The predicted molar refractivity (Wildman–Crippen MR) is 73.6 cm³/mol. The monoisotopic (exact) mass is 267 g/mol. The molecule has 0 aliphatic carbocycles. The van der Waals surface area contributed by atoms with E-state index < -0.39 is 0 Å². The van der Waals surface area contributed by atoms with Crippen LogP contribution < -0.4 is 5.32 Å². The number of amides is 2. The van der Waals surface area contributed by atoms with Crippen LogP contribution in [0.3, 0.4) is 0 Å². The standard InChI is InChI=1S/C14H25N3O2/c1-3-17-13(18)10-12(14(17)19)15-7-4-11-5-8-16(2)9-6-11/h11-12,15H,3-10H2,1-2H3. The molecule has 0 aromatic heterocycles. The van der Waals surface area contributed by atoms with E-state index in [1.165, 1.54) is 30.8 Å². The molecular formula is C14H25N3O2. The van der Waals surface area contributed by atoms with Crippen molar-refractivity contribution in [1.82, 2.24) is 15.1 Å². The van der Waals surface area contributed by atoms with Gasteiger partial charge in [-0.15, -0.1) is 0 Å². The van der Waals surface area contributed by atoms with Crippen LogP contribution >= 0.6 is 0 Å². The Morgan fingerprint density at radius 3 is 2.53 bits per heavy atom. The molecule has 5 heteroatoms. The molecule has 0 bridgehead atoms. The average Bonchev–Trinajstić information content (AvgIpc) is 2.66. The van der Waals surface area contributed by atoms with Crippen molar-refractivity contribution >= 4 is 11.8 Å². The van der Waals surface area contributed by atoms with Crippen molar-refractivity contribution in [2.24, 2.45) is 5.92 Å². The Kier molecular flexibility index (Phi) is 4.93. The number of imide groups is 1. The average molecular weight is 267 g/mol. The lowest BCUT2D eigenvalue weighted by Crippen LogP contribution is -2.40. The van der Waals surface area contributed by atoms with Crippen LogP contribution in [0.2, 0.25) is 0 Å². The van der Waals surface area contributed by atoms with Gasteiger partial charge < -0.3 is 10.2 Å². The highest BCUT2D eigenvalue weighted by molar-refractivity contribution is 6.05. The van der Waals surface area contributed by atoms with Crippen LogP contribution in [0.15, 0.2) is 0 Å². The third-order valence-corrected chi connectivity index (χ3v) is 4.34. The highest BCUT2D eigenvalue weighted by Crippen LogP contribution is 2.19. The van der Waals surface area contributed by atoms with Crippen molar-refractivity contribution in [3.63, 3.8) is 0 Å². The summed E-state index contributed by atoms with van der Waals surface area (Å²) in [5.74, 6) is 0.679. The van der Waals surface area contributed by atoms with Gasteiger partial charge in [0.15, 0.2) is 0 Å². The second kappa shape index (κ2) is 6.48. The van der Waals surface area contributed by atoms with Gasteiger partial charge in [-0.2, -0.15) is 0 Å². The van der Waals surface area contributed by atoms with Gasteiger partial charge in [0.05, 0.1) is 12.5 Å². The zero-order valence-corrected chi connectivity index (χ0v) is 12.0. The van der Waals surface area contributed by atoms with Gasteiger partial charge in [0.25, 0.3) is 0 Å². The topological polar surface area (TPSA) is 52.7 Å². The number of carbonyl (C=O) groups is 2. The normalized spacial score (nSPS) is 26.4. The van der Waals surface area contributed by atoms with Gasteiger partial charge in [-0.05, 0) is 58.8 Å². The van der Waals surface area contributed by atoms with E-state index in [2.05, 4.69) is 17.3 Å². The van der Waals surface area contributed by atoms with Gasteiger partial charge in [-0.25, -0.2) is 0 Å². The molecule has 5 nitrogen and oxygen atoms in total. The van der Waals surface area contributed by atoms with Gasteiger partial charge in [0.1, 0.15) is 0 Å². The fourth-order valence-corrected chi connectivity index (χ4v) is 2.99. The molecule has 2 amide bonds. The maximum atomic E-state index is 11.9. The molecule has 1 N–H and O–H groups in total. The number of piperidine rings is 1. The quantitative estimate of drug-likeness (QED) is 0.735. The number of rotatable bonds is 5. The number of carbonyl (C=O) groups excluding carboxylic acids is 2. The maximum Gasteiger partial charge on any atom is 0.246 e. The van der Waals surface area contributed by atoms with Crippen molar-refractivity contribution in [2.45, 2.75) is 38.6 Å². The van der Waals surface area contributed by atoms with Crippen LogP contribution in [0.25, 0.3) is 0 Å². The predicted octanol–water partition coefficient (Wildman–Crippen LogP) is 0.455. The van der Waals surface area contributed by atoms with Crippen molar-refractivity contribution < 1.29 is 9.59 Å². The Morgan fingerprint density at radius 1 is 1.26 bits per heavy atom.